The summed E-state index contributed by atoms with van der Waals surface area (Å²) in [6.07, 6.45) is 7.33. The van der Waals surface area contributed by atoms with Crippen molar-refractivity contribution < 1.29 is 54.1 Å². The first-order valence-electron chi connectivity index (χ1n) is 43.8. The van der Waals surface area contributed by atoms with E-state index in [0.717, 1.165) is 102 Å². The van der Waals surface area contributed by atoms with E-state index in [4.69, 9.17) is 62.5 Å². The summed E-state index contributed by atoms with van der Waals surface area (Å²) in [6.45, 7) is 26.4. The number of nitrogens with zero attached hydrogens (tertiary/aromatic N) is 10. The maximum Gasteiger partial charge on any atom is 0.270 e. The molecule has 4 heterocycles. The second-order valence-corrected chi connectivity index (χ2v) is 32.9. The molecule has 4 unspecified atom stereocenters. The van der Waals surface area contributed by atoms with Crippen LogP contribution in [0.1, 0.15) is 164 Å². The molecular formula is C99H119Cl3N16O12. The lowest BCUT2D eigenvalue weighted by atomic mass is 10.0. The summed E-state index contributed by atoms with van der Waals surface area (Å²) in [5.74, 6) is 1.49. The molecule has 0 saturated carbocycles. The van der Waals surface area contributed by atoms with Crippen molar-refractivity contribution in [1.82, 2.24) is 39.5 Å². The Morgan fingerprint density at radius 3 is 1.22 bits per heavy atom. The summed E-state index contributed by atoms with van der Waals surface area (Å²) in [7, 11) is 1.96. The third-order valence-electron chi connectivity index (χ3n) is 22.6. The van der Waals surface area contributed by atoms with Crippen molar-refractivity contribution in [3.05, 3.63) is 253 Å². The number of pyridine rings is 4. The van der Waals surface area contributed by atoms with Gasteiger partial charge in [0.15, 0.2) is 34.7 Å². The number of benzene rings is 8. The Kier molecular flexibility index (Phi) is 39.4. The van der Waals surface area contributed by atoms with Crippen molar-refractivity contribution in [2.45, 2.75) is 138 Å². The van der Waals surface area contributed by atoms with Gasteiger partial charge in [-0.15, -0.1) is 0 Å². The molecule has 14 N–H and O–H groups in total. The number of halogens is 3. The zero-order chi connectivity index (χ0) is 94.3. The van der Waals surface area contributed by atoms with E-state index in [0.29, 0.717) is 160 Å². The molecule has 31 heteroatoms. The number of carbonyl (C=O) groups excluding carboxylic acids is 5. The number of nitro benzene ring substituents is 1. The molecule has 1 amide bonds. The van der Waals surface area contributed by atoms with E-state index in [1.54, 1.807) is 91.4 Å². The number of hydrogen-bond acceptors (Lipinski definition) is 26. The van der Waals surface area contributed by atoms with E-state index >= 15 is 0 Å². The van der Waals surface area contributed by atoms with Crippen LogP contribution in [-0.2, 0) is 6.54 Å². The summed E-state index contributed by atoms with van der Waals surface area (Å²) in [6, 6.07) is 48.9. The molecule has 688 valence electrons. The highest BCUT2D eigenvalue weighted by molar-refractivity contribution is 6.32. The van der Waals surface area contributed by atoms with E-state index < -0.39 is 35.2 Å². The van der Waals surface area contributed by atoms with Crippen LogP contribution in [0.3, 0.4) is 0 Å². The van der Waals surface area contributed by atoms with Crippen molar-refractivity contribution >= 4 is 159 Å². The number of carbonyl (C=O) groups is 5. The first-order valence-corrected chi connectivity index (χ1v) is 44.9. The molecular weight excluding hydrogens is 1710 g/mol. The summed E-state index contributed by atoms with van der Waals surface area (Å²) >= 11 is 18.5. The van der Waals surface area contributed by atoms with Crippen LogP contribution >= 0.6 is 34.8 Å². The largest absolute Gasteiger partial charge is 0.453 e. The minimum atomic E-state index is -0.571. The lowest BCUT2D eigenvalue weighted by molar-refractivity contribution is -0.384. The lowest BCUT2D eigenvalue weighted by Crippen LogP contribution is -2.32. The van der Waals surface area contributed by atoms with Gasteiger partial charge in [-0.3, -0.25) is 34.1 Å². The van der Waals surface area contributed by atoms with Gasteiger partial charge in [-0.25, -0.2) is 19.9 Å². The average Bonchev–Trinajstić information content (AvgIpc) is 0.769. The molecule has 4 atom stereocenters. The number of amides is 1. The Balaban J connectivity index is 0.000000196. The molecule has 12 aromatic rings. The molecule has 4 aromatic heterocycles. The first kappa shape index (κ1) is 102. The van der Waals surface area contributed by atoms with Crippen LogP contribution in [0, 0.1) is 10.1 Å². The number of fused-ring (bicyclic) bond motifs is 4. The molecule has 0 saturated heterocycles. The minimum absolute atomic E-state index is 0.001000. The number of rotatable bonds is 42. The number of likely N-dealkylation sites (N-methyl/N-ethyl adjacent to an activating group) is 4. The van der Waals surface area contributed by atoms with Gasteiger partial charge in [0.2, 0.25) is 0 Å². The Morgan fingerprint density at radius 2 is 0.785 bits per heavy atom. The van der Waals surface area contributed by atoms with E-state index in [9.17, 15) is 54.5 Å². The maximum atomic E-state index is 12.9. The van der Waals surface area contributed by atoms with Crippen LogP contribution in [-0.4, -0.2) is 204 Å². The monoisotopic (exact) mass is 1830 g/mol. The summed E-state index contributed by atoms with van der Waals surface area (Å²) < 4.78 is 5.98. The number of nitrogens with one attached hydrogen (secondary N) is 2. The molecule has 130 heavy (non-hydrogen) atoms. The molecule has 0 fully saturated rings. The van der Waals surface area contributed by atoms with Crippen molar-refractivity contribution in [2.75, 3.05) is 124 Å². The number of hydrogen-bond donors (Lipinski definition) is 10. The van der Waals surface area contributed by atoms with Gasteiger partial charge in [0, 0.05) is 194 Å². The highest BCUT2D eigenvalue weighted by Crippen LogP contribution is 2.38. The standard InChI is InChI=1S/C26H33ClN4O2.C25H29N5O5.C24H29ClN4O2.C24H28ClN3O3/c1-4-31(5-2)17-22(32)12-13-24(33)19-8-6-18(7-9-19)16-30(3)25-23-14-21(27)11-10-20(23)15-29-26(25)28;1-3-29(4-2)15-20(31)10-12-22(32)16-5-7-18(8-6-16)28-25(33)23-21-11-9-19(30(34)35)13-17(21)14-27-24(23)26;1-3-29(4-2)15-20(30)11-12-22(31)16-6-9-19(10-7-16)28-23-21-13-18(25)8-5-17(21)14-27-24(23)26;1-3-28(4-2)15-19(29)9-12-22(30)16-6-10-20(11-7-16)31-23-21-13-18(25)8-5-17(21)14-27-24(23)26/h6-11,14-15,22,32H,4-5,12-13,16-17H2,1-3H3,(H2,28,29);5-9,11,13-14,20,31H,3-4,10,12,15H2,1-2H3,(H2,26,27)(H,28,33);5-10,13-14,20,28,30H,3-4,11-12,15H2,1-2H3,(H2,26,27);5-8,10-11,13-14,19,29H,3-4,9,12,15H2,1-2H3,(H2,26,27). The van der Waals surface area contributed by atoms with Gasteiger partial charge < -0.3 is 83.2 Å². The third-order valence-corrected chi connectivity index (χ3v) is 23.3. The molecule has 0 aliphatic heterocycles. The van der Waals surface area contributed by atoms with Gasteiger partial charge in [-0.2, -0.15) is 0 Å². The maximum absolute atomic E-state index is 12.9. The van der Waals surface area contributed by atoms with E-state index in [2.05, 4.69) is 91.7 Å². The lowest BCUT2D eigenvalue weighted by Gasteiger charge is -2.23. The second-order valence-electron chi connectivity index (χ2n) is 31.5. The Hall–Kier alpha value is -11.9. The van der Waals surface area contributed by atoms with Crippen LogP contribution in [0.15, 0.2) is 195 Å². The molecule has 28 nitrogen and oxygen atoms in total. The van der Waals surface area contributed by atoms with Gasteiger partial charge in [0.25, 0.3) is 11.6 Å². The molecule has 0 bridgehead atoms. The van der Waals surface area contributed by atoms with Crippen LogP contribution < -0.4 is 43.2 Å². The number of ketones is 4. The fourth-order valence-corrected chi connectivity index (χ4v) is 15.3. The fourth-order valence-electron chi connectivity index (χ4n) is 14.8. The summed E-state index contributed by atoms with van der Waals surface area (Å²) in [5.41, 5.74) is 30.4. The number of aliphatic hydroxyl groups excluding tert-OH is 4. The molecule has 8 aromatic carbocycles. The Labute approximate surface area is 774 Å². The van der Waals surface area contributed by atoms with Crippen LogP contribution in [0.2, 0.25) is 15.1 Å². The number of anilines is 8. The van der Waals surface area contributed by atoms with E-state index in [1.807, 2.05) is 105 Å². The van der Waals surface area contributed by atoms with Gasteiger partial charge in [0.05, 0.1) is 46.3 Å². The van der Waals surface area contributed by atoms with E-state index in [1.165, 1.54) is 24.4 Å². The van der Waals surface area contributed by atoms with Gasteiger partial charge >= 0.3 is 0 Å². The zero-order valence-corrected chi connectivity index (χ0v) is 77.4. The molecule has 0 spiro atoms. The SMILES string of the molecule is CCN(CC)CC(O)CCC(=O)c1ccc(CN(C)c2c(N)ncc3ccc(Cl)cc23)cc1.CCN(CC)CC(O)CCC(=O)c1ccc(NC(=O)c2c(N)ncc3cc([N+](=O)[O-])ccc23)cc1.CCN(CC)CC(O)CCC(=O)c1ccc(Nc2c(N)ncc3ccc(Cl)cc23)cc1.CCN(CC)CC(O)CCC(=O)c1ccc(Oc2c(N)ncc3ccc(Cl)cc23)cc1. The first-order chi connectivity index (χ1) is 62.4. The quantitative estimate of drug-likeness (QED) is 0.00965. The van der Waals surface area contributed by atoms with Crippen molar-refractivity contribution in [2.24, 2.45) is 0 Å². The number of ether oxygens (including phenoxy) is 1. The smallest absolute Gasteiger partial charge is 0.270 e. The van der Waals surface area contributed by atoms with Crippen LogP contribution in [0.25, 0.3) is 43.1 Å². The predicted molar refractivity (Wildman–Crippen MR) is 525 cm³/mol. The predicted octanol–water partition coefficient (Wildman–Crippen LogP) is 18.2. The fraction of sp³-hybridized carbons (Fsp3) is 0.343. The molecule has 12 rings (SSSR count). The Morgan fingerprint density at radius 1 is 0.423 bits per heavy atom. The highest BCUT2D eigenvalue weighted by Gasteiger charge is 2.23. The van der Waals surface area contributed by atoms with Gasteiger partial charge in [-0.05, 0) is 199 Å². The van der Waals surface area contributed by atoms with Gasteiger partial charge in [-0.1, -0.05) is 133 Å². The van der Waals surface area contributed by atoms with Crippen LogP contribution in [0.5, 0.6) is 11.5 Å². The number of aliphatic hydroxyl groups is 4. The molecule has 0 aliphatic carbocycles. The number of nitro groups is 1. The number of nitrogens with two attached hydrogens (primary N) is 4. The summed E-state index contributed by atoms with van der Waals surface area (Å²) in [5, 5.41) is 65.9. The van der Waals surface area contributed by atoms with Gasteiger partial charge in [0.1, 0.15) is 23.2 Å². The number of nitrogen functional groups attached to an aromatic ring is 4. The highest BCUT2D eigenvalue weighted by atomic mass is 35.5. The normalized spacial score (nSPS) is 12.2. The minimum Gasteiger partial charge on any atom is -0.453 e. The van der Waals surface area contributed by atoms with E-state index in [-0.39, 0.29) is 52.4 Å². The molecule has 0 aliphatic rings. The third kappa shape index (κ3) is 29.6. The second kappa shape index (κ2) is 50.3. The zero-order valence-electron chi connectivity index (χ0n) is 75.1. The number of Topliss-reactive ketones (excluding diaryl/α,β-unsaturated/α-hetero) is 4. The number of aromatic nitrogens is 4. The number of non-ortho nitro benzene ring substituents is 1. The topological polar surface area (TPSA) is 415 Å². The van der Waals surface area contributed by atoms with Crippen molar-refractivity contribution in [3.8, 4) is 11.5 Å². The Bertz CT molecular complexity index is 5610. The molecule has 0 radical (unpaired) electrons. The van der Waals surface area contributed by atoms with Crippen LogP contribution in [0.4, 0.5) is 51.7 Å². The average molecular weight is 1830 g/mol. The van der Waals surface area contributed by atoms with Crippen molar-refractivity contribution in [1.29, 1.82) is 0 Å². The van der Waals surface area contributed by atoms with Crippen molar-refractivity contribution in [3.63, 3.8) is 0 Å². The summed E-state index contributed by atoms with van der Waals surface area (Å²) in [4.78, 5) is 101.